The van der Waals surface area contributed by atoms with Crippen LogP contribution in [0.1, 0.15) is 194 Å². The van der Waals surface area contributed by atoms with E-state index in [1.807, 2.05) is 0 Å². The van der Waals surface area contributed by atoms with Gasteiger partial charge in [0.25, 0.3) is 0 Å². The summed E-state index contributed by atoms with van der Waals surface area (Å²) in [5, 5.41) is 72.8. The van der Waals surface area contributed by atoms with E-state index in [2.05, 4.69) is 13.8 Å². The van der Waals surface area contributed by atoms with Crippen LogP contribution in [0.4, 0.5) is 0 Å². The molecule has 60 heavy (non-hydrogen) atoms. The van der Waals surface area contributed by atoms with E-state index in [-0.39, 0.29) is 13.2 Å². The molecule has 0 spiro atoms. The van der Waals surface area contributed by atoms with Crippen LogP contribution in [0.25, 0.3) is 0 Å². The third-order valence-corrected chi connectivity index (χ3v) is 12.2. The minimum absolute atomic E-state index is 0.189. The standard InChI is InChI=1S/C47H92O13/c1-3-5-7-9-11-13-15-17-19-21-23-25-27-29-31-55-35-37(36-56-32-30-28-26-24-22-20-18-16-14-12-10-8-6-4-2)57-46-44(54)42(52)45(39(34-49)59-46)60-47-43(53)41(51)40(50)38(33-48)58-47/h37-54H,3-36H2,1-2H3/t38-,39-,40+,41+,42-,43-,44-,45-,46-,47+/m1/s1. The van der Waals surface area contributed by atoms with Crippen molar-refractivity contribution in [3.8, 4) is 0 Å². The average Bonchev–Trinajstić information content (AvgIpc) is 3.25. The molecule has 2 saturated heterocycles. The summed E-state index contributed by atoms with van der Waals surface area (Å²) in [5.74, 6) is 0. The predicted octanol–water partition coefficient (Wildman–Crippen LogP) is 6.99. The highest BCUT2D eigenvalue weighted by Gasteiger charge is 2.51. The summed E-state index contributed by atoms with van der Waals surface area (Å²) in [7, 11) is 0. The lowest BCUT2D eigenvalue weighted by Crippen LogP contribution is -2.65. The molecule has 0 unspecified atom stereocenters. The average molecular weight is 865 g/mol. The zero-order chi connectivity index (χ0) is 43.6. The van der Waals surface area contributed by atoms with Crippen LogP contribution in [0.2, 0.25) is 0 Å². The third-order valence-electron chi connectivity index (χ3n) is 12.2. The predicted molar refractivity (Wildman–Crippen MR) is 234 cm³/mol. The van der Waals surface area contributed by atoms with Gasteiger partial charge in [-0.15, -0.1) is 0 Å². The van der Waals surface area contributed by atoms with Crippen LogP contribution < -0.4 is 0 Å². The first kappa shape index (κ1) is 55.6. The van der Waals surface area contributed by atoms with Gasteiger partial charge in [0.15, 0.2) is 12.6 Å². The van der Waals surface area contributed by atoms with E-state index >= 15 is 0 Å². The molecule has 358 valence electrons. The fourth-order valence-electron chi connectivity index (χ4n) is 8.21. The first-order chi connectivity index (χ1) is 29.3. The van der Waals surface area contributed by atoms with Crippen molar-refractivity contribution in [2.24, 2.45) is 0 Å². The highest BCUT2D eigenvalue weighted by molar-refractivity contribution is 4.94. The summed E-state index contributed by atoms with van der Waals surface area (Å²) < 4.78 is 35.2. The quantitative estimate of drug-likeness (QED) is 0.0312. The molecule has 2 fully saturated rings. The molecular formula is C47H92O13. The van der Waals surface area contributed by atoms with E-state index < -0.39 is 80.7 Å². The molecule has 2 rings (SSSR count). The van der Waals surface area contributed by atoms with Gasteiger partial charge in [-0.05, 0) is 12.8 Å². The van der Waals surface area contributed by atoms with Gasteiger partial charge in [-0.3, -0.25) is 0 Å². The molecule has 0 bridgehead atoms. The Morgan fingerprint density at radius 1 is 0.400 bits per heavy atom. The van der Waals surface area contributed by atoms with Gasteiger partial charge in [0, 0.05) is 13.2 Å². The molecule has 0 aromatic carbocycles. The van der Waals surface area contributed by atoms with Crippen molar-refractivity contribution < 1.29 is 64.2 Å². The molecule has 13 heteroatoms. The SMILES string of the molecule is CCCCCCCCCCCCCCCCOCC(COCCCCCCCCCCCCCCCC)O[C@@H]1O[C@H](CO)[C@@H](O[C@@H]2O[C@H](CO)[C@H](O)[C@H](O)[C@H]2O)[C@H](O)[C@H]1O. The van der Waals surface area contributed by atoms with E-state index in [1.165, 1.54) is 154 Å². The Labute approximate surface area is 364 Å². The highest BCUT2D eigenvalue weighted by Crippen LogP contribution is 2.30. The molecular weight excluding hydrogens is 773 g/mol. The molecule has 7 N–H and O–H groups in total. The molecule has 2 heterocycles. The summed E-state index contributed by atoms with van der Waals surface area (Å²) in [6.07, 6.45) is 20.0. The molecule has 2 aliphatic heterocycles. The van der Waals surface area contributed by atoms with Crippen LogP contribution >= 0.6 is 0 Å². The maximum Gasteiger partial charge on any atom is 0.187 e. The van der Waals surface area contributed by atoms with Gasteiger partial charge in [-0.1, -0.05) is 181 Å². The van der Waals surface area contributed by atoms with Crippen molar-refractivity contribution in [3.05, 3.63) is 0 Å². The highest BCUT2D eigenvalue weighted by atomic mass is 16.7. The van der Waals surface area contributed by atoms with Gasteiger partial charge >= 0.3 is 0 Å². The Morgan fingerprint density at radius 2 is 0.750 bits per heavy atom. The van der Waals surface area contributed by atoms with Crippen molar-refractivity contribution in [3.63, 3.8) is 0 Å². The van der Waals surface area contributed by atoms with Crippen LogP contribution in [0.15, 0.2) is 0 Å². The monoisotopic (exact) mass is 865 g/mol. The summed E-state index contributed by atoms with van der Waals surface area (Å²) in [5.41, 5.74) is 0. The van der Waals surface area contributed by atoms with Crippen molar-refractivity contribution in [1.82, 2.24) is 0 Å². The van der Waals surface area contributed by atoms with E-state index in [9.17, 15) is 35.7 Å². The van der Waals surface area contributed by atoms with E-state index in [0.29, 0.717) is 13.2 Å². The number of ether oxygens (including phenoxy) is 6. The minimum atomic E-state index is -1.74. The maximum atomic E-state index is 11.1. The zero-order valence-corrected chi connectivity index (χ0v) is 38.0. The second-order valence-corrected chi connectivity index (χ2v) is 17.6. The van der Waals surface area contributed by atoms with Gasteiger partial charge in [-0.25, -0.2) is 0 Å². The first-order valence-corrected chi connectivity index (χ1v) is 24.7. The van der Waals surface area contributed by atoms with Crippen LogP contribution in [-0.4, -0.2) is 143 Å². The number of rotatable bonds is 40. The fourth-order valence-corrected chi connectivity index (χ4v) is 8.21. The molecule has 10 atom stereocenters. The molecule has 13 nitrogen and oxygen atoms in total. The molecule has 0 aromatic heterocycles. The fraction of sp³-hybridized carbons (Fsp3) is 1.00. The van der Waals surface area contributed by atoms with Gasteiger partial charge < -0.3 is 64.2 Å². The van der Waals surface area contributed by atoms with Gasteiger partial charge in [0.2, 0.25) is 0 Å². The largest absolute Gasteiger partial charge is 0.394 e. The van der Waals surface area contributed by atoms with Crippen LogP contribution in [0.3, 0.4) is 0 Å². The second-order valence-electron chi connectivity index (χ2n) is 17.6. The first-order valence-electron chi connectivity index (χ1n) is 24.7. The number of hydrogen-bond donors (Lipinski definition) is 7. The summed E-state index contributed by atoms with van der Waals surface area (Å²) in [6, 6.07) is 0. The van der Waals surface area contributed by atoms with Crippen molar-refractivity contribution >= 4 is 0 Å². The number of unbranched alkanes of at least 4 members (excludes halogenated alkanes) is 26. The third kappa shape index (κ3) is 24.0. The maximum absolute atomic E-state index is 11.1. The van der Waals surface area contributed by atoms with Crippen molar-refractivity contribution in [2.45, 2.75) is 261 Å². The van der Waals surface area contributed by atoms with E-state index in [4.69, 9.17) is 28.4 Å². The van der Waals surface area contributed by atoms with Crippen LogP contribution in [0.5, 0.6) is 0 Å². The molecule has 0 radical (unpaired) electrons. The zero-order valence-electron chi connectivity index (χ0n) is 38.0. The molecule has 0 amide bonds. The molecule has 0 aliphatic carbocycles. The smallest absolute Gasteiger partial charge is 0.187 e. The Morgan fingerprint density at radius 3 is 1.13 bits per heavy atom. The lowest BCUT2D eigenvalue weighted by atomic mass is 9.97. The van der Waals surface area contributed by atoms with Gasteiger partial charge in [-0.2, -0.15) is 0 Å². The Kier molecular flexibility index (Phi) is 34.1. The lowest BCUT2D eigenvalue weighted by Gasteiger charge is -2.46. The number of aliphatic hydroxyl groups excluding tert-OH is 7. The molecule has 0 aromatic rings. The second kappa shape index (κ2) is 36.8. The topological polar surface area (TPSA) is 197 Å². The molecule has 0 saturated carbocycles. The Balaban J connectivity index is 1.76. The summed E-state index contributed by atoms with van der Waals surface area (Å²) in [4.78, 5) is 0. The minimum Gasteiger partial charge on any atom is -0.394 e. The van der Waals surface area contributed by atoms with E-state index in [0.717, 1.165) is 25.7 Å². The lowest BCUT2D eigenvalue weighted by molar-refractivity contribution is -0.364. The van der Waals surface area contributed by atoms with Crippen LogP contribution in [0, 0.1) is 0 Å². The number of aliphatic hydroxyl groups is 7. The summed E-state index contributed by atoms with van der Waals surface area (Å²) in [6.45, 7) is 4.71. The summed E-state index contributed by atoms with van der Waals surface area (Å²) >= 11 is 0. The van der Waals surface area contributed by atoms with Gasteiger partial charge in [0.1, 0.15) is 54.9 Å². The number of hydrogen-bond acceptors (Lipinski definition) is 13. The van der Waals surface area contributed by atoms with Crippen molar-refractivity contribution in [2.75, 3.05) is 39.6 Å². The van der Waals surface area contributed by atoms with Crippen molar-refractivity contribution in [1.29, 1.82) is 0 Å². The normalized spacial score (nSPS) is 27.3. The molecule has 2 aliphatic rings. The van der Waals surface area contributed by atoms with Gasteiger partial charge in [0.05, 0.1) is 26.4 Å². The van der Waals surface area contributed by atoms with Crippen LogP contribution in [-0.2, 0) is 28.4 Å². The Bertz CT molecular complexity index is 909. The van der Waals surface area contributed by atoms with E-state index in [1.54, 1.807) is 0 Å². The Hall–Kier alpha value is -0.520.